The average Bonchev–Trinajstić information content (AvgIpc) is 3.04. The first-order valence-electron chi connectivity index (χ1n) is 8.47. The predicted octanol–water partition coefficient (Wildman–Crippen LogP) is 3.40. The second kappa shape index (κ2) is 7.49. The molecule has 1 atom stereocenters. The van der Waals surface area contributed by atoms with Crippen LogP contribution in [0, 0.1) is 0 Å². The van der Waals surface area contributed by atoms with Gasteiger partial charge in [0.05, 0.1) is 12.6 Å². The van der Waals surface area contributed by atoms with E-state index in [4.69, 9.17) is 0 Å². The second-order valence-corrected chi connectivity index (χ2v) is 6.23. The molecular formula is C20H22N2O3. The van der Waals surface area contributed by atoms with Gasteiger partial charge in [-0.3, -0.25) is 4.79 Å². The number of aliphatic hydroxyl groups excluding tert-OH is 1. The van der Waals surface area contributed by atoms with E-state index in [0.717, 1.165) is 18.4 Å². The topological polar surface area (TPSA) is 69.6 Å². The SMILES string of the molecule is CC(=O)c1ccc(NC(=O)N(CCO)C2CCc3ccccc32)cc1. The maximum Gasteiger partial charge on any atom is 0.322 e. The van der Waals surface area contributed by atoms with E-state index in [1.807, 2.05) is 18.2 Å². The van der Waals surface area contributed by atoms with E-state index in [1.165, 1.54) is 12.5 Å². The van der Waals surface area contributed by atoms with Gasteiger partial charge in [-0.25, -0.2) is 4.79 Å². The molecule has 1 aliphatic carbocycles. The van der Waals surface area contributed by atoms with Gasteiger partial charge in [0.1, 0.15) is 0 Å². The van der Waals surface area contributed by atoms with Crippen molar-refractivity contribution in [3.63, 3.8) is 0 Å². The van der Waals surface area contributed by atoms with Crippen LogP contribution in [0.4, 0.5) is 10.5 Å². The van der Waals surface area contributed by atoms with Crippen molar-refractivity contribution in [2.24, 2.45) is 0 Å². The molecule has 0 fully saturated rings. The van der Waals surface area contributed by atoms with Crippen LogP contribution >= 0.6 is 0 Å². The van der Waals surface area contributed by atoms with Gasteiger partial charge in [-0.05, 0) is 55.2 Å². The third-order valence-electron chi connectivity index (χ3n) is 4.62. The first-order chi connectivity index (χ1) is 12.1. The highest BCUT2D eigenvalue weighted by atomic mass is 16.3. The number of urea groups is 1. The second-order valence-electron chi connectivity index (χ2n) is 6.23. The third-order valence-corrected chi connectivity index (χ3v) is 4.62. The number of amides is 2. The summed E-state index contributed by atoms with van der Waals surface area (Å²) in [6.45, 7) is 1.69. The van der Waals surface area contributed by atoms with Crippen LogP contribution in [0.5, 0.6) is 0 Å². The van der Waals surface area contributed by atoms with Crippen molar-refractivity contribution in [1.29, 1.82) is 0 Å². The van der Waals surface area contributed by atoms with Gasteiger partial charge in [-0.2, -0.15) is 0 Å². The number of carbonyl (C=O) groups excluding carboxylic acids is 2. The number of carbonyl (C=O) groups is 2. The van der Waals surface area contributed by atoms with Crippen molar-refractivity contribution >= 4 is 17.5 Å². The van der Waals surface area contributed by atoms with Crippen molar-refractivity contribution in [3.8, 4) is 0 Å². The molecule has 0 bridgehead atoms. The molecule has 0 aromatic heterocycles. The van der Waals surface area contributed by atoms with E-state index in [2.05, 4.69) is 11.4 Å². The molecule has 0 spiro atoms. The monoisotopic (exact) mass is 338 g/mol. The van der Waals surface area contributed by atoms with E-state index in [0.29, 0.717) is 11.3 Å². The number of aliphatic hydroxyl groups is 1. The molecule has 5 nitrogen and oxygen atoms in total. The normalized spacial score (nSPS) is 15.5. The Labute approximate surface area is 147 Å². The maximum absolute atomic E-state index is 12.8. The lowest BCUT2D eigenvalue weighted by Crippen LogP contribution is -2.39. The van der Waals surface area contributed by atoms with Gasteiger partial charge < -0.3 is 15.3 Å². The lowest BCUT2D eigenvalue weighted by Gasteiger charge is -2.29. The Morgan fingerprint density at radius 1 is 1.16 bits per heavy atom. The summed E-state index contributed by atoms with van der Waals surface area (Å²) in [5.74, 6) is -0.0117. The molecule has 25 heavy (non-hydrogen) atoms. The fraction of sp³-hybridized carbons (Fsp3) is 0.300. The first kappa shape index (κ1) is 17.2. The molecule has 2 amide bonds. The fourth-order valence-corrected chi connectivity index (χ4v) is 3.35. The van der Waals surface area contributed by atoms with Crippen molar-refractivity contribution in [3.05, 3.63) is 65.2 Å². The zero-order valence-corrected chi connectivity index (χ0v) is 14.2. The number of anilines is 1. The average molecular weight is 338 g/mol. The largest absolute Gasteiger partial charge is 0.395 e. The molecule has 0 heterocycles. The number of hydrogen-bond donors (Lipinski definition) is 2. The number of benzene rings is 2. The summed E-state index contributed by atoms with van der Waals surface area (Å²) < 4.78 is 0. The van der Waals surface area contributed by atoms with Crippen molar-refractivity contribution in [1.82, 2.24) is 4.90 Å². The number of fused-ring (bicyclic) bond motifs is 1. The summed E-state index contributed by atoms with van der Waals surface area (Å²) in [4.78, 5) is 25.8. The number of Topliss-reactive ketones (excluding diaryl/α,β-unsaturated/α-hetero) is 1. The Morgan fingerprint density at radius 2 is 1.88 bits per heavy atom. The van der Waals surface area contributed by atoms with E-state index in [-0.39, 0.29) is 31.0 Å². The number of hydrogen-bond acceptors (Lipinski definition) is 3. The molecule has 0 radical (unpaired) electrons. The van der Waals surface area contributed by atoms with Crippen LogP contribution in [0.15, 0.2) is 48.5 Å². The highest BCUT2D eigenvalue weighted by Gasteiger charge is 2.30. The Bertz CT molecular complexity index is 771. The number of nitrogens with one attached hydrogen (secondary N) is 1. The number of nitrogens with zero attached hydrogens (tertiary/aromatic N) is 1. The summed E-state index contributed by atoms with van der Waals surface area (Å²) in [6, 6.07) is 14.7. The Morgan fingerprint density at radius 3 is 2.56 bits per heavy atom. The van der Waals surface area contributed by atoms with Crippen LogP contribution in [0.3, 0.4) is 0 Å². The minimum absolute atomic E-state index is 0.0117. The summed E-state index contributed by atoms with van der Waals surface area (Å²) >= 11 is 0. The summed E-state index contributed by atoms with van der Waals surface area (Å²) in [6.07, 6.45) is 1.79. The molecule has 1 unspecified atom stereocenters. The molecule has 0 saturated heterocycles. The minimum Gasteiger partial charge on any atom is -0.395 e. The number of aryl methyl sites for hydroxylation is 1. The van der Waals surface area contributed by atoms with Crippen molar-refractivity contribution < 1.29 is 14.7 Å². The molecule has 0 aliphatic heterocycles. The number of rotatable bonds is 5. The van der Waals surface area contributed by atoms with Crippen LogP contribution in [-0.2, 0) is 6.42 Å². The highest BCUT2D eigenvalue weighted by Crippen LogP contribution is 2.35. The molecule has 0 saturated carbocycles. The van der Waals surface area contributed by atoms with E-state index in [1.54, 1.807) is 29.2 Å². The van der Waals surface area contributed by atoms with Gasteiger partial charge in [-0.15, -0.1) is 0 Å². The zero-order chi connectivity index (χ0) is 17.8. The van der Waals surface area contributed by atoms with Crippen molar-refractivity contribution in [2.45, 2.75) is 25.8 Å². The molecule has 2 aromatic rings. The Hall–Kier alpha value is -2.66. The third kappa shape index (κ3) is 3.72. The summed E-state index contributed by atoms with van der Waals surface area (Å²) in [7, 11) is 0. The lowest BCUT2D eigenvalue weighted by molar-refractivity contribution is 0.101. The molecule has 2 aromatic carbocycles. The van der Waals surface area contributed by atoms with Gasteiger partial charge in [0.25, 0.3) is 0 Å². The van der Waals surface area contributed by atoms with Crippen LogP contribution in [0.2, 0.25) is 0 Å². The van der Waals surface area contributed by atoms with E-state index < -0.39 is 0 Å². The van der Waals surface area contributed by atoms with Gasteiger partial charge in [0, 0.05) is 17.8 Å². The molecule has 2 N–H and O–H groups in total. The number of ketones is 1. The summed E-state index contributed by atoms with van der Waals surface area (Å²) in [5, 5.41) is 12.3. The first-order valence-corrected chi connectivity index (χ1v) is 8.47. The van der Waals surface area contributed by atoms with Crippen molar-refractivity contribution in [2.75, 3.05) is 18.5 Å². The van der Waals surface area contributed by atoms with Crippen LogP contribution in [0.25, 0.3) is 0 Å². The highest BCUT2D eigenvalue weighted by molar-refractivity contribution is 5.95. The minimum atomic E-state index is -0.244. The molecular weight excluding hydrogens is 316 g/mol. The Balaban J connectivity index is 1.76. The van der Waals surface area contributed by atoms with E-state index in [9.17, 15) is 14.7 Å². The van der Waals surface area contributed by atoms with Crippen LogP contribution < -0.4 is 5.32 Å². The van der Waals surface area contributed by atoms with Gasteiger partial charge >= 0.3 is 6.03 Å². The van der Waals surface area contributed by atoms with Crippen LogP contribution in [-0.4, -0.2) is 35.0 Å². The van der Waals surface area contributed by atoms with Gasteiger partial charge in [0.2, 0.25) is 0 Å². The maximum atomic E-state index is 12.8. The smallest absolute Gasteiger partial charge is 0.322 e. The van der Waals surface area contributed by atoms with Gasteiger partial charge in [-0.1, -0.05) is 24.3 Å². The molecule has 3 rings (SSSR count). The molecule has 5 heteroatoms. The van der Waals surface area contributed by atoms with Crippen LogP contribution in [0.1, 0.15) is 40.9 Å². The summed E-state index contributed by atoms with van der Waals surface area (Å²) in [5.41, 5.74) is 3.64. The quantitative estimate of drug-likeness (QED) is 0.821. The molecule has 1 aliphatic rings. The van der Waals surface area contributed by atoms with E-state index >= 15 is 0 Å². The lowest BCUT2D eigenvalue weighted by atomic mass is 10.1. The predicted molar refractivity (Wildman–Crippen MR) is 96.8 cm³/mol. The Kier molecular flexibility index (Phi) is 5.14. The molecule has 130 valence electrons. The zero-order valence-electron chi connectivity index (χ0n) is 14.2. The van der Waals surface area contributed by atoms with Gasteiger partial charge in [0.15, 0.2) is 5.78 Å². The standard InChI is InChI=1S/C20H22N2O3/c1-14(24)15-6-9-17(10-7-15)21-20(25)22(12-13-23)19-11-8-16-4-2-3-5-18(16)19/h2-7,9-10,19,23H,8,11-13H2,1H3,(H,21,25). The fourth-order valence-electron chi connectivity index (χ4n) is 3.35.